The molecule has 1 amide bonds. The number of carbonyl (C=O) groups excluding carboxylic acids is 1. The fraction of sp³-hybridized carbons (Fsp3) is 0.680. The van der Waals surface area contributed by atoms with Crippen LogP contribution < -0.4 is 4.90 Å². The number of aliphatic imine (C=N–C) groups is 1. The van der Waals surface area contributed by atoms with Crippen LogP contribution in [0.15, 0.2) is 29.3 Å². The lowest BCUT2D eigenvalue weighted by molar-refractivity contribution is -0.117. The van der Waals surface area contributed by atoms with Gasteiger partial charge in [0, 0.05) is 24.4 Å². The molecular formula is C25H37N3OS. The van der Waals surface area contributed by atoms with Crippen molar-refractivity contribution in [3.63, 3.8) is 0 Å². The van der Waals surface area contributed by atoms with Crippen molar-refractivity contribution in [2.24, 2.45) is 4.99 Å². The van der Waals surface area contributed by atoms with E-state index in [1.807, 2.05) is 16.7 Å². The molecule has 0 radical (unpaired) electrons. The van der Waals surface area contributed by atoms with Gasteiger partial charge >= 0.3 is 0 Å². The maximum absolute atomic E-state index is 12.9. The smallest absolute Gasteiger partial charge is 0.225 e. The van der Waals surface area contributed by atoms with Gasteiger partial charge in [-0.25, -0.2) is 0 Å². The van der Waals surface area contributed by atoms with Crippen molar-refractivity contribution in [1.82, 2.24) is 4.90 Å². The summed E-state index contributed by atoms with van der Waals surface area (Å²) in [5.41, 5.74) is 2.33. The van der Waals surface area contributed by atoms with E-state index in [9.17, 15) is 4.79 Å². The molecule has 3 fully saturated rings. The first kappa shape index (κ1) is 21.7. The Balaban J connectivity index is 1.64. The van der Waals surface area contributed by atoms with E-state index in [1.54, 1.807) is 6.92 Å². The third-order valence-electron chi connectivity index (χ3n) is 7.00. The van der Waals surface area contributed by atoms with E-state index >= 15 is 0 Å². The highest BCUT2D eigenvalue weighted by atomic mass is 32.2. The zero-order valence-corrected chi connectivity index (χ0v) is 19.5. The highest BCUT2D eigenvalue weighted by Gasteiger charge is 2.41. The van der Waals surface area contributed by atoms with E-state index < -0.39 is 0 Å². The summed E-state index contributed by atoms with van der Waals surface area (Å²) in [6.45, 7) is 3.89. The van der Waals surface area contributed by atoms with Crippen molar-refractivity contribution in [2.45, 2.75) is 103 Å². The molecular weight excluding hydrogens is 390 g/mol. The number of hydrogen-bond acceptors (Lipinski definition) is 3. The zero-order valence-electron chi connectivity index (χ0n) is 18.7. The molecule has 0 N–H and O–H groups in total. The number of nitrogens with zero attached hydrogens (tertiary/aromatic N) is 3. The first-order valence-corrected chi connectivity index (χ1v) is 13.0. The van der Waals surface area contributed by atoms with E-state index in [0.29, 0.717) is 12.1 Å². The Bertz CT molecular complexity index is 735. The Morgan fingerprint density at radius 1 is 1.03 bits per heavy atom. The van der Waals surface area contributed by atoms with Crippen LogP contribution in [0.2, 0.25) is 0 Å². The summed E-state index contributed by atoms with van der Waals surface area (Å²) in [4.78, 5) is 22.7. The summed E-state index contributed by atoms with van der Waals surface area (Å²) in [6, 6.07) is 9.56. The van der Waals surface area contributed by atoms with Gasteiger partial charge in [0.1, 0.15) is 6.17 Å². The number of carbonyl (C=O) groups is 1. The zero-order chi connectivity index (χ0) is 20.9. The van der Waals surface area contributed by atoms with E-state index in [0.717, 1.165) is 17.9 Å². The Morgan fingerprint density at radius 2 is 1.67 bits per heavy atom. The minimum absolute atomic E-state index is 0.0745. The molecule has 3 aliphatic rings. The molecule has 4 rings (SSSR count). The quantitative estimate of drug-likeness (QED) is 0.578. The van der Waals surface area contributed by atoms with Gasteiger partial charge in [0.15, 0.2) is 5.17 Å². The molecule has 1 aromatic rings. The van der Waals surface area contributed by atoms with Gasteiger partial charge in [0.05, 0.1) is 6.04 Å². The molecule has 1 aliphatic heterocycles. The van der Waals surface area contributed by atoms with Crippen LogP contribution in [0.1, 0.15) is 83.6 Å². The summed E-state index contributed by atoms with van der Waals surface area (Å²) in [6.07, 6.45) is 13.9. The van der Waals surface area contributed by atoms with Crippen LogP contribution in [-0.2, 0) is 11.2 Å². The molecule has 164 valence electrons. The number of anilines is 1. The third-order valence-corrected chi connectivity index (χ3v) is 8.04. The lowest BCUT2D eigenvalue weighted by Crippen LogP contribution is -2.54. The van der Waals surface area contributed by atoms with Crippen molar-refractivity contribution < 1.29 is 4.79 Å². The highest BCUT2D eigenvalue weighted by molar-refractivity contribution is 8.14. The molecule has 2 saturated carbocycles. The first-order chi connectivity index (χ1) is 14.7. The normalized spacial score (nSPS) is 25.1. The Kier molecular flexibility index (Phi) is 7.40. The minimum atomic E-state index is 0.0745. The maximum Gasteiger partial charge on any atom is 0.225 e. The van der Waals surface area contributed by atoms with Gasteiger partial charge in [0.25, 0.3) is 0 Å². The summed E-state index contributed by atoms with van der Waals surface area (Å²) in [5, 5.41) is 1.20. The second-order valence-corrected chi connectivity index (χ2v) is 10.1. The molecule has 0 bridgehead atoms. The van der Waals surface area contributed by atoms with Crippen LogP contribution in [0.3, 0.4) is 0 Å². The summed E-state index contributed by atoms with van der Waals surface area (Å²) in [7, 11) is 0. The van der Waals surface area contributed by atoms with Crippen molar-refractivity contribution in [3.05, 3.63) is 29.8 Å². The number of amides is 1. The second kappa shape index (κ2) is 10.2. The van der Waals surface area contributed by atoms with Gasteiger partial charge in [-0.3, -0.25) is 14.7 Å². The SMILES string of the molecule is CCc1ccc(N(C(C)=O)C2CSC(=NC3CCCCC3)N2C2CCCCC2)cc1. The van der Waals surface area contributed by atoms with Gasteiger partial charge in [-0.2, -0.15) is 0 Å². The van der Waals surface area contributed by atoms with Crippen molar-refractivity contribution in [1.29, 1.82) is 0 Å². The number of rotatable bonds is 5. The first-order valence-electron chi connectivity index (χ1n) is 12.0. The lowest BCUT2D eigenvalue weighted by Gasteiger charge is -2.41. The topological polar surface area (TPSA) is 35.9 Å². The average Bonchev–Trinajstić information content (AvgIpc) is 3.18. The van der Waals surface area contributed by atoms with Gasteiger partial charge in [-0.15, -0.1) is 0 Å². The van der Waals surface area contributed by atoms with Crippen molar-refractivity contribution in [3.8, 4) is 0 Å². The molecule has 0 aromatic heterocycles. The van der Waals surface area contributed by atoms with Crippen molar-refractivity contribution in [2.75, 3.05) is 10.7 Å². The van der Waals surface area contributed by atoms with E-state index in [-0.39, 0.29) is 12.1 Å². The number of hydrogen-bond donors (Lipinski definition) is 0. The predicted molar refractivity (Wildman–Crippen MR) is 128 cm³/mol. The Hall–Kier alpha value is -1.49. The molecule has 5 heteroatoms. The number of benzene rings is 1. The van der Waals surface area contributed by atoms with Crippen LogP contribution in [0, 0.1) is 0 Å². The molecule has 1 heterocycles. The largest absolute Gasteiger partial charge is 0.327 e. The number of amidine groups is 1. The lowest BCUT2D eigenvalue weighted by atomic mass is 9.94. The fourth-order valence-electron chi connectivity index (χ4n) is 5.32. The summed E-state index contributed by atoms with van der Waals surface area (Å²) < 4.78 is 0. The maximum atomic E-state index is 12.9. The van der Waals surface area contributed by atoms with Gasteiger partial charge in [-0.1, -0.05) is 69.3 Å². The summed E-state index contributed by atoms with van der Waals surface area (Å²) >= 11 is 1.88. The van der Waals surface area contributed by atoms with Crippen LogP contribution >= 0.6 is 11.8 Å². The van der Waals surface area contributed by atoms with Crippen LogP contribution in [0.5, 0.6) is 0 Å². The van der Waals surface area contributed by atoms with E-state index in [1.165, 1.54) is 74.9 Å². The van der Waals surface area contributed by atoms with Crippen LogP contribution in [-0.4, -0.2) is 40.0 Å². The summed E-state index contributed by atoms with van der Waals surface area (Å²) in [5.74, 6) is 1.04. The molecule has 2 aliphatic carbocycles. The minimum Gasteiger partial charge on any atom is -0.327 e. The number of aryl methyl sites for hydroxylation is 1. The Labute approximate surface area is 186 Å². The second-order valence-electron chi connectivity index (χ2n) is 9.10. The molecule has 1 atom stereocenters. The molecule has 4 nitrogen and oxygen atoms in total. The van der Waals surface area contributed by atoms with Crippen LogP contribution in [0.4, 0.5) is 5.69 Å². The number of thioether (sulfide) groups is 1. The molecule has 1 saturated heterocycles. The molecule has 1 aromatic carbocycles. The monoisotopic (exact) mass is 427 g/mol. The average molecular weight is 428 g/mol. The predicted octanol–water partition coefficient (Wildman–Crippen LogP) is 6.00. The van der Waals surface area contributed by atoms with E-state index in [4.69, 9.17) is 4.99 Å². The molecule has 0 spiro atoms. The Morgan fingerprint density at radius 3 is 2.27 bits per heavy atom. The van der Waals surface area contributed by atoms with Gasteiger partial charge in [0.2, 0.25) is 5.91 Å². The molecule has 30 heavy (non-hydrogen) atoms. The van der Waals surface area contributed by atoms with E-state index in [2.05, 4.69) is 36.1 Å². The fourth-order valence-corrected chi connectivity index (χ4v) is 6.57. The third kappa shape index (κ3) is 4.87. The van der Waals surface area contributed by atoms with Crippen molar-refractivity contribution >= 4 is 28.5 Å². The highest BCUT2D eigenvalue weighted by Crippen LogP contribution is 2.37. The van der Waals surface area contributed by atoms with Gasteiger partial charge < -0.3 is 4.90 Å². The van der Waals surface area contributed by atoms with Crippen LogP contribution in [0.25, 0.3) is 0 Å². The standard InChI is InChI=1S/C25H37N3OS/c1-3-20-14-16-23(17-15-20)27(19(2)29)24-18-30-25(26-21-10-6-4-7-11-21)28(24)22-12-8-5-9-13-22/h14-17,21-22,24H,3-13,18H2,1-2H3. The molecule has 1 unspecified atom stereocenters. The van der Waals surface area contributed by atoms with Gasteiger partial charge in [-0.05, 0) is 49.8 Å².